The highest BCUT2D eigenvalue weighted by atomic mass is 16.4. The Morgan fingerprint density at radius 2 is 1.85 bits per heavy atom. The Morgan fingerprint density at radius 3 is 2.48 bits per heavy atom. The molecule has 4 rings (SSSR count). The minimum Gasteiger partial charge on any atom is -0.480 e. The number of carbonyl (C=O) groups excluding carboxylic acids is 1. The second kappa shape index (κ2) is 7.47. The summed E-state index contributed by atoms with van der Waals surface area (Å²) >= 11 is 0. The zero-order valence-electron chi connectivity index (χ0n) is 15.7. The van der Waals surface area contributed by atoms with Gasteiger partial charge in [0.25, 0.3) is 0 Å². The van der Waals surface area contributed by atoms with Gasteiger partial charge in [0.05, 0.1) is 0 Å². The van der Waals surface area contributed by atoms with Gasteiger partial charge >= 0.3 is 5.97 Å². The van der Waals surface area contributed by atoms with E-state index in [0.29, 0.717) is 13.0 Å². The topological polar surface area (TPSA) is 60.9 Å². The van der Waals surface area contributed by atoms with Crippen molar-refractivity contribution in [2.24, 2.45) is 11.3 Å². The van der Waals surface area contributed by atoms with E-state index in [1.54, 1.807) is 4.90 Å². The highest BCUT2D eigenvalue weighted by Gasteiger charge is 2.51. The molecule has 1 saturated carbocycles. The van der Waals surface area contributed by atoms with Gasteiger partial charge in [-0.1, -0.05) is 42.5 Å². The molecule has 27 heavy (non-hydrogen) atoms. The van der Waals surface area contributed by atoms with Crippen molar-refractivity contribution in [2.75, 3.05) is 26.2 Å². The van der Waals surface area contributed by atoms with E-state index in [1.165, 1.54) is 5.56 Å². The van der Waals surface area contributed by atoms with Crippen molar-refractivity contribution < 1.29 is 14.7 Å². The van der Waals surface area contributed by atoms with E-state index >= 15 is 0 Å². The molecule has 1 aromatic carbocycles. The first-order valence-corrected chi connectivity index (χ1v) is 10.0. The predicted octanol–water partition coefficient (Wildman–Crippen LogP) is 2.88. The summed E-state index contributed by atoms with van der Waals surface area (Å²) in [6.07, 6.45) is 8.77. The molecule has 1 N–H and O–H groups in total. The van der Waals surface area contributed by atoms with Gasteiger partial charge in [-0.2, -0.15) is 0 Å². The SMILES string of the molecule is O=C(O)C1CC2(CCN(C/C=C/c3ccccc3)CC2)CN1C(=O)C1CC1. The first-order valence-electron chi connectivity index (χ1n) is 10.0. The second-order valence-electron chi connectivity index (χ2n) is 8.41. The summed E-state index contributed by atoms with van der Waals surface area (Å²) in [5.41, 5.74) is 1.20. The van der Waals surface area contributed by atoms with Gasteiger partial charge in [0.15, 0.2) is 0 Å². The number of carbonyl (C=O) groups is 2. The fourth-order valence-corrected chi connectivity index (χ4v) is 4.55. The lowest BCUT2D eigenvalue weighted by Gasteiger charge is -2.38. The van der Waals surface area contributed by atoms with Crippen LogP contribution in [0.25, 0.3) is 6.08 Å². The second-order valence-corrected chi connectivity index (χ2v) is 8.41. The summed E-state index contributed by atoms with van der Waals surface area (Å²) in [4.78, 5) is 28.4. The molecule has 2 aliphatic heterocycles. The number of aliphatic carboxylic acids is 1. The molecule has 0 aromatic heterocycles. The van der Waals surface area contributed by atoms with Crippen molar-refractivity contribution >= 4 is 18.0 Å². The Hall–Kier alpha value is -2.14. The van der Waals surface area contributed by atoms with Crippen molar-refractivity contribution in [3.63, 3.8) is 0 Å². The van der Waals surface area contributed by atoms with E-state index in [-0.39, 0.29) is 17.2 Å². The molecular formula is C22H28N2O3. The summed E-state index contributed by atoms with van der Waals surface area (Å²) in [7, 11) is 0. The highest BCUT2D eigenvalue weighted by molar-refractivity contribution is 5.87. The number of carboxylic acid groups (broad SMARTS) is 1. The van der Waals surface area contributed by atoms with E-state index in [1.807, 2.05) is 18.2 Å². The quantitative estimate of drug-likeness (QED) is 0.868. The van der Waals surface area contributed by atoms with Crippen LogP contribution in [0.3, 0.4) is 0 Å². The van der Waals surface area contributed by atoms with Gasteiger partial charge in [0, 0.05) is 19.0 Å². The normalized spacial score (nSPS) is 25.3. The predicted molar refractivity (Wildman–Crippen MR) is 104 cm³/mol. The van der Waals surface area contributed by atoms with Crippen LogP contribution in [0.4, 0.5) is 0 Å². The Bertz CT molecular complexity index is 718. The minimum absolute atomic E-state index is 0.00670. The third-order valence-electron chi connectivity index (χ3n) is 6.39. The first kappa shape index (κ1) is 18.2. The zero-order valence-corrected chi connectivity index (χ0v) is 15.7. The lowest BCUT2D eigenvalue weighted by atomic mass is 9.76. The standard InChI is InChI=1S/C22H28N2O3/c25-20(18-8-9-18)24-16-22(15-19(24)21(26)27)10-13-23(14-11-22)12-4-7-17-5-2-1-3-6-17/h1-7,18-19H,8-16H2,(H,26,27)/b7-4+. The third-order valence-corrected chi connectivity index (χ3v) is 6.39. The van der Waals surface area contributed by atoms with Crippen molar-refractivity contribution in [2.45, 2.75) is 38.1 Å². The molecule has 1 unspecified atom stereocenters. The summed E-state index contributed by atoms with van der Waals surface area (Å²) < 4.78 is 0. The molecule has 1 aliphatic carbocycles. The Labute approximate surface area is 160 Å². The minimum atomic E-state index is -0.839. The Balaban J connectivity index is 1.33. The van der Waals surface area contributed by atoms with Crippen LogP contribution < -0.4 is 0 Å². The van der Waals surface area contributed by atoms with Crippen molar-refractivity contribution in [3.8, 4) is 0 Å². The maximum Gasteiger partial charge on any atom is 0.326 e. The van der Waals surface area contributed by atoms with E-state index in [4.69, 9.17) is 0 Å². The lowest BCUT2D eigenvalue weighted by molar-refractivity contribution is -0.148. The molecule has 1 spiro atoms. The molecule has 1 aromatic rings. The maximum absolute atomic E-state index is 12.5. The van der Waals surface area contributed by atoms with Crippen LogP contribution in [0.2, 0.25) is 0 Å². The summed E-state index contributed by atoms with van der Waals surface area (Å²) in [5.74, 6) is -0.674. The molecule has 0 bridgehead atoms. The van der Waals surface area contributed by atoms with Gasteiger partial charge in [0.2, 0.25) is 5.91 Å². The largest absolute Gasteiger partial charge is 0.480 e. The van der Waals surface area contributed by atoms with E-state index < -0.39 is 12.0 Å². The number of rotatable bonds is 5. The number of hydrogen-bond donors (Lipinski definition) is 1. The highest BCUT2D eigenvalue weighted by Crippen LogP contribution is 2.45. The van der Waals surface area contributed by atoms with Gasteiger partial charge in [-0.3, -0.25) is 9.69 Å². The molecule has 2 saturated heterocycles. The van der Waals surface area contributed by atoms with E-state index in [0.717, 1.165) is 45.3 Å². The molecule has 5 nitrogen and oxygen atoms in total. The number of piperidine rings is 1. The average Bonchev–Trinajstić information content (AvgIpc) is 3.46. The number of nitrogens with zero attached hydrogens (tertiary/aromatic N) is 2. The van der Waals surface area contributed by atoms with Crippen molar-refractivity contribution in [1.29, 1.82) is 0 Å². The molecule has 0 radical (unpaired) electrons. The van der Waals surface area contributed by atoms with Crippen LogP contribution in [0.5, 0.6) is 0 Å². The molecule has 3 aliphatic rings. The average molecular weight is 368 g/mol. The molecule has 2 heterocycles. The van der Waals surface area contributed by atoms with Crippen LogP contribution in [0, 0.1) is 11.3 Å². The third kappa shape index (κ3) is 4.08. The Morgan fingerprint density at radius 1 is 1.15 bits per heavy atom. The van der Waals surface area contributed by atoms with E-state index in [2.05, 4.69) is 29.2 Å². The monoisotopic (exact) mass is 368 g/mol. The summed E-state index contributed by atoms with van der Waals surface area (Å²) in [6.45, 7) is 3.49. The van der Waals surface area contributed by atoms with Crippen LogP contribution in [-0.2, 0) is 9.59 Å². The van der Waals surface area contributed by atoms with Crippen LogP contribution in [0.1, 0.15) is 37.7 Å². The summed E-state index contributed by atoms with van der Waals surface area (Å²) in [5, 5.41) is 9.61. The number of likely N-dealkylation sites (tertiary alicyclic amines) is 2. The van der Waals surface area contributed by atoms with Crippen LogP contribution in [-0.4, -0.2) is 59.0 Å². The number of benzene rings is 1. The smallest absolute Gasteiger partial charge is 0.326 e. The fourth-order valence-electron chi connectivity index (χ4n) is 4.55. The molecular weight excluding hydrogens is 340 g/mol. The van der Waals surface area contributed by atoms with Gasteiger partial charge in [-0.25, -0.2) is 4.79 Å². The zero-order chi connectivity index (χ0) is 18.9. The first-order chi connectivity index (χ1) is 13.1. The molecule has 144 valence electrons. The molecule has 1 amide bonds. The van der Waals surface area contributed by atoms with Gasteiger partial charge in [-0.15, -0.1) is 0 Å². The fraction of sp³-hybridized carbons (Fsp3) is 0.545. The molecule has 1 atom stereocenters. The Kier molecular flexibility index (Phi) is 5.04. The lowest BCUT2D eigenvalue weighted by Crippen LogP contribution is -2.43. The maximum atomic E-state index is 12.5. The van der Waals surface area contributed by atoms with Crippen molar-refractivity contribution in [3.05, 3.63) is 42.0 Å². The summed E-state index contributed by atoms with van der Waals surface area (Å²) in [6, 6.07) is 9.67. The van der Waals surface area contributed by atoms with Gasteiger partial charge < -0.3 is 10.0 Å². The number of amides is 1. The molecule has 5 heteroatoms. The van der Waals surface area contributed by atoms with Crippen LogP contribution in [0.15, 0.2) is 36.4 Å². The van der Waals surface area contributed by atoms with Gasteiger partial charge in [-0.05, 0) is 56.2 Å². The number of carboxylic acids is 1. The van der Waals surface area contributed by atoms with Gasteiger partial charge in [0.1, 0.15) is 6.04 Å². The number of hydrogen-bond acceptors (Lipinski definition) is 3. The van der Waals surface area contributed by atoms with Crippen molar-refractivity contribution in [1.82, 2.24) is 9.80 Å². The molecule has 3 fully saturated rings. The van der Waals surface area contributed by atoms with E-state index in [9.17, 15) is 14.7 Å². The van der Waals surface area contributed by atoms with Crippen LogP contribution >= 0.6 is 0 Å².